The van der Waals surface area contributed by atoms with Gasteiger partial charge in [0.2, 0.25) is 5.91 Å². The highest BCUT2D eigenvalue weighted by Crippen LogP contribution is 2.30. The third kappa shape index (κ3) is 5.56. The summed E-state index contributed by atoms with van der Waals surface area (Å²) >= 11 is 1.38. The van der Waals surface area contributed by atoms with E-state index in [9.17, 15) is 18.0 Å². The van der Waals surface area contributed by atoms with Crippen molar-refractivity contribution in [3.8, 4) is 11.3 Å². The van der Waals surface area contributed by atoms with Crippen molar-refractivity contribution in [1.29, 1.82) is 0 Å². The lowest BCUT2D eigenvalue weighted by molar-refractivity contribution is -0.137. The van der Waals surface area contributed by atoms with Gasteiger partial charge in [-0.1, -0.05) is 36.4 Å². The second-order valence-electron chi connectivity index (χ2n) is 5.83. The summed E-state index contributed by atoms with van der Waals surface area (Å²) < 4.78 is 38.2. The molecule has 4 nitrogen and oxygen atoms in total. The number of nitrogens with one attached hydrogen (secondary N) is 1. The van der Waals surface area contributed by atoms with Crippen LogP contribution in [0.25, 0.3) is 11.3 Å². The molecule has 1 aromatic heterocycles. The van der Waals surface area contributed by atoms with Gasteiger partial charge in [0.15, 0.2) is 0 Å². The lowest BCUT2D eigenvalue weighted by Crippen LogP contribution is -2.13. The summed E-state index contributed by atoms with van der Waals surface area (Å²) in [6.07, 6.45) is -2.83. The van der Waals surface area contributed by atoms with E-state index in [0.29, 0.717) is 5.75 Å². The third-order valence-electron chi connectivity index (χ3n) is 3.76. The highest BCUT2D eigenvalue weighted by molar-refractivity contribution is 7.99. The molecule has 144 valence electrons. The summed E-state index contributed by atoms with van der Waals surface area (Å²) in [4.78, 5) is 20.4. The van der Waals surface area contributed by atoms with Crippen molar-refractivity contribution in [2.75, 3.05) is 11.1 Å². The van der Waals surface area contributed by atoms with Crippen LogP contribution in [-0.4, -0.2) is 21.6 Å². The summed E-state index contributed by atoms with van der Waals surface area (Å²) in [5.41, 5.74) is 1.08. The SMILES string of the molecule is O=C(CCSc1cc(-c2ccccc2)ncn1)Nc1cccc(C(F)(F)F)c1. The molecule has 0 unspecified atom stereocenters. The molecule has 0 spiro atoms. The predicted molar refractivity (Wildman–Crippen MR) is 103 cm³/mol. The van der Waals surface area contributed by atoms with E-state index in [-0.39, 0.29) is 18.0 Å². The highest BCUT2D eigenvalue weighted by Gasteiger charge is 2.30. The molecule has 0 atom stereocenters. The predicted octanol–water partition coefficient (Wildman–Crippen LogP) is 5.28. The highest BCUT2D eigenvalue weighted by atomic mass is 32.2. The van der Waals surface area contributed by atoms with Crippen LogP contribution >= 0.6 is 11.8 Å². The Morgan fingerprint density at radius 3 is 2.54 bits per heavy atom. The van der Waals surface area contributed by atoms with Crippen molar-refractivity contribution in [3.05, 3.63) is 72.6 Å². The molecule has 8 heteroatoms. The van der Waals surface area contributed by atoms with Gasteiger partial charge < -0.3 is 5.32 Å². The third-order valence-corrected chi connectivity index (χ3v) is 4.69. The average molecular weight is 403 g/mol. The van der Waals surface area contributed by atoms with Gasteiger partial charge in [-0.2, -0.15) is 13.2 Å². The first-order chi connectivity index (χ1) is 13.4. The molecule has 0 bridgehead atoms. The van der Waals surface area contributed by atoms with Crippen LogP contribution in [0.3, 0.4) is 0 Å². The van der Waals surface area contributed by atoms with Crippen LogP contribution in [0.5, 0.6) is 0 Å². The second kappa shape index (κ2) is 8.88. The first-order valence-corrected chi connectivity index (χ1v) is 9.38. The Hall–Kier alpha value is -2.87. The van der Waals surface area contributed by atoms with Gasteiger partial charge in [-0.05, 0) is 24.3 Å². The molecule has 1 N–H and O–H groups in total. The number of thioether (sulfide) groups is 1. The van der Waals surface area contributed by atoms with Crippen molar-refractivity contribution < 1.29 is 18.0 Å². The first kappa shape index (κ1) is 19.9. The summed E-state index contributed by atoms with van der Waals surface area (Å²) in [6.45, 7) is 0. The van der Waals surface area contributed by atoms with E-state index < -0.39 is 11.7 Å². The Kier molecular flexibility index (Phi) is 6.30. The molecule has 0 saturated carbocycles. The number of rotatable bonds is 6. The smallest absolute Gasteiger partial charge is 0.326 e. The van der Waals surface area contributed by atoms with E-state index in [4.69, 9.17) is 0 Å². The van der Waals surface area contributed by atoms with Crippen LogP contribution in [0.1, 0.15) is 12.0 Å². The Morgan fingerprint density at radius 1 is 1.00 bits per heavy atom. The lowest BCUT2D eigenvalue weighted by Gasteiger charge is -2.10. The minimum absolute atomic E-state index is 0.123. The quantitative estimate of drug-likeness (QED) is 0.449. The zero-order valence-corrected chi connectivity index (χ0v) is 15.4. The van der Waals surface area contributed by atoms with Crippen LogP contribution in [0.15, 0.2) is 72.0 Å². The van der Waals surface area contributed by atoms with E-state index in [1.54, 1.807) is 0 Å². The lowest BCUT2D eigenvalue weighted by atomic mass is 10.1. The minimum atomic E-state index is -4.44. The van der Waals surface area contributed by atoms with Gasteiger partial charge in [0.05, 0.1) is 16.3 Å². The largest absolute Gasteiger partial charge is 0.416 e. The maximum Gasteiger partial charge on any atom is 0.416 e. The van der Waals surface area contributed by atoms with Crippen molar-refractivity contribution >= 4 is 23.4 Å². The van der Waals surface area contributed by atoms with Crippen LogP contribution in [-0.2, 0) is 11.0 Å². The van der Waals surface area contributed by atoms with E-state index in [1.165, 1.54) is 30.2 Å². The zero-order valence-electron chi connectivity index (χ0n) is 14.6. The Morgan fingerprint density at radius 2 is 1.79 bits per heavy atom. The van der Waals surface area contributed by atoms with Gasteiger partial charge in [-0.15, -0.1) is 11.8 Å². The van der Waals surface area contributed by atoms with Gasteiger partial charge >= 0.3 is 6.18 Å². The number of aromatic nitrogens is 2. The molecule has 0 fully saturated rings. The molecule has 3 aromatic rings. The number of carbonyl (C=O) groups is 1. The number of alkyl halides is 3. The van der Waals surface area contributed by atoms with Crippen molar-refractivity contribution in [3.63, 3.8) is 0 Å². The normalized spacial score (nSPS) is 11.2. The van der Waals surface area contributed by atoms with Crippen molar-refractivity contribution in [1.82, 2.24) is 9.97 Å². The van der Waals surface area contributed by atoms with Crippen LogP contribution < -0.4 is 5.32 Å². The van der Waals surface area contributed by atoms with E-state index in [1.807, 2.05) is 36.4 Å². The van der Waals surface area contributed by atoms with Gasteiger partial charge in [-0.25, -0.2) is 9.97 Å². The number of halogens is 3. The number of benzene rings is 2. The van der Waals surface area contributed by atoms with Crippen molar-refractivity contribution in [2.24, 2.45) is 0 Å². The van der Waals surface area contributed by atoms with Gasteiger partial charge in [-0.3, -0.25) is 4.79 Å². The summed E-state index contributed by atoms with van der Waals surface area (Å²) in [7, 11) is 0. The van der Waals surface area contributed by atoms with Crippen LogP contribution in [0.4, 0.5) is 18.9 Å². The summed E-state index contributed by atoms with van der Waals surface area (Å²) in [5, 5.41) is 3.22. The Labute approximate surface area is 164 Å². The molecule has 28 heavy (non-hydrogen) atoms. The second-order valence-corrected chi connectivity index (χ2v) is 6.95. The molecule has 0 radical (unpaired) electrons. The standard InChI is InChI=1S/C20H16F3N3OS/c21-20(22,23)15-7-4-8-16(11-15)26-18(27)9-10-28-19-12-17(24-13-25-19)14-5-2-1-3-6-14/h1-8,11-13H,9-10H2,(H,26,27). The summed E-state index contributed by atoms with van der Waals surface area (Å²) in [5.74, 6) is 0.0833. The molecule has 1 heterocycles. The number of anilines is 1. The monoisotopic (exact) mass is 403 g/mol. The van der Waals surface area contributed by atoms with Gasteiger partial charge in [0.25, 0.3) is 0 Å². The molecule has 0 aliphatic heterocycles. The maximum atomic E-state index is 12.7. The van der Waals surface area contributed by atoms with Gasteiger partial charge in [0, 0.05) is 23.4 Å². The Bertz CT molecular complexity index is 949. The van der Waals surface area contributed by atoms with Crippen LogP contribution in [0.2, 0.25) is 0 Å². The number of carbonyl (C=O) groups excluding carboxylic acids is 1. The van der Waals surface area contributed by atoms with Gasteiger partial charge in [0.1, 0.15) is 6.33 Å². The first-order valence-electron chi connectivity index (χ1n) is 8.39. The molecule has 3 rings (SSSR count). The van der Waals surface area contributed by atoms with E-state index in [2.05, 4.69) is 15.3 Å². The number of hydrogen-bond acceptors (Lipinski definition) is 4. The molecular formula is C20H16F3N3OS. The maximum absolute atomic E-state index is 12.7. The fourth-order valence-electron chi connectivity index (χ4n) is 2.43. The molecule has 0 aliphatic rings. The van der Waals surface area contributed by atoms with E-state index in [0.717, 1.165) is 28.4 Å². The van der Waals surface area contributed by atoms with Crippen LogP contribution in [0, 0.1) is 0 Å². The molecule has 0 saturated heterocycles. The average Bonchev–Trinajstić information content (AvgIpc) is 2.68. The summed E-state index contributed by atoms with van der Waals surface area (Å²) in [6, 6.07) is 16.1. The van der Waals surface area contributed by atoms with Crippen molar-refractivity contribution in [2.45, 2.75) is 17.6 Å². The molecule has 0 aliphatic carbocycles. The number of nitrogens with zero attached hydrogens (tertiary/aromatic N) is 2. The fourth-order valence-corrected chi connectivity index (χ4v) is 3.24. The molecular weight excluding hydrogens is 387 g/mol. The topological polar surface area (TPSA) is 54.9 Å². The van der Waals surface area contributed by atoms with E-state index >= 15 is 0 Å². The molecule has 2 aromatic carbocycles. The molecule has 1 amide bonds. The number of hydrogen-bond donors (Lipinski definition) is 1. The Balaban J connectivity index is 1.54. The minimum Gasteiger partial charge on any atom is -0.326 e. The number of amides is 1. The zero-order chi connectivity index (χ0) is 20.0. The fraction of sp³-hybridized carbons (Fsp3) is 0.150.